The first-order valence-corrected chi connectivity index (χ1v) is 14.3. The summed E-state index contributed by atoms with van der Waals surface area (Å²) in [6, 6.07) is 25.0. The summed E-state index contributed by atoms with van der Waals surface area (Å²) in [5, 5.41) is 5.90. The van der Waals surface area contributed by atoms with Crippen molar-refractivity contribution in [2.24, 2.45) is 5.92 Å². The number of nitrogens with zero attached hydrogens (tertiary/aromatic N) is 1. The summed E-state index contributed by atoms with van der Waals surface area (Å²) < 4.78 is 5.53. The lowest BCUT2D eigenvalue weighted by Crippen LogP contribution is -2.54. The minimum absolute atomic E-state index is 0.130. The summed E-state index contributed by atoms with van der Waals surface area (Å²) in [7, 11) is 0. The summed E-state index contributed by atoms with van der Waals surface area (Å²) in [4.78, 5) is 43.1. The summed E-state index contributed by atoms with van der Waals surface area (Å²) >= 11 is 0. The molecule has 0 radical (unpaired) electrons. The van der Waals surface area contributed by atoms with E-state index < -0.39 is 23.8 Å². The highest BCUT2D eigenvalue weighted by Gasteiger charge is 2.48. The topological polar surface area (TPSA) is 87.7 Å². The summed E-state index contributed by atoms with van der Waals surface area (Å²) in [6.07, 6.45) is 0.379. The van der Waals surface area contributed by atoms with E-state index in [4.69, 9.17) is 4.74 Å². The minimum atomic E-state index is -0.922. The first-order chi connectivity index (χ1) is 19.5. The van der Waals surface area contributed by atoms with Crippen molar-refractivity contribution in [2.45, 2.75) is 77.7 Å². The van der Waals surface area contributed by atoms with Crippen molar-refractivity contribution < 1.29 is 19.1 Å². The number of hydrogen-bond acceptors (Lipinski definition) is 4. The van der Waals surface area contributed by atoms with Crippen molar-refractivity contribution in [3.8, 4) is 0 Å². The van der Waals surface area contributed by atoms with Crippen molar-refractivity contribution >= 4 is 17.9 Å². The number of nitrogens with one attached hydrogen (secondary N) is 2. The third-order valence-electron chi connectivity index (χ3n) is 7.14. The van der Waals surface area contributed by atoms with Crippen molar-refractivity contribution in [1.29, 1.82) is 0 Å². The van der Waals surface area contributed by atoms with Crippen LogP contribution >= 0.6 is 0 Å². The molecule has 3 aromatic carbocycles. The van der Waals surface area contributed by atoms with E-state index in [-0.39, 0.29) is 30.2 Å². The lowest BCUT2D eigenvalue weighted by atomic mass is 9.98. The molecule has 0 bridgehead atoms. The van der Waals surface area contributed by atoms with E-state index in [9.17, 15) is 14.4 Å². The average Bonchev–Trinajstić information content (AvgIpc) is 3.65. The molecule has 0 heterocycles. The molecule has 1 aliphatic carbocycles. The fourth-order valence-corrected chi connectivity index (χ4v) is 5.01. The van der Waals surface area contributed by atoms with Gasteiger partial charge < -0.3 is 20.3 Å². The largest absolute Gasteiger partial charge is 0.444 e. The van der Waals surface area contributed by atoms with Crippen LogP contribution in [-0.2, 0) is 27.3 Å². The number of rotatable bonds is 10. The van der Waals surface area contributed by atoms with Gasteiger partial charge in [-0.15, -0.1) is 0 Å². The van der Waals surface area contributed by atoms with Crippen molar-refractivity contribution in [3.63, 3.8) is 0 Å². The fraction of sp³-hybridized carbons (Fsp3) is 0.382. The minimum Gasteiger partial charge on any atom is -0.444 e. The molecule has 4 atom stereocenters. The van der Waals surface area contributed by atoms with Crippen LogP contribution in [0.3, 0.4) is 0 Å². The van der Waals surface area contributed by atoms with Gasteiger partial charge in [-0.1, -0.05) is 97.4 Å². The third kappa shape index (κ3) is 8.43. The highest BCUT2D eigenvalue weighted by molar-refractivity contribution is 5.92. The number of hydrogen-bond donors (Lipinski definition) is 2. The number of benzene rings is 3. The first kappa shape index (κ1) is 29.8. The summed E-state index contributed by atoms with van der Waals surface area (Å²) in [6.45, 7) is 9.73. The van der Waals surface area contributed by atoms with Crippen LogP contribution in [0, 0.1) is 12.8 Å². The van der Waals surface area contributed by atoms with Crippen LogP contribution in [0.2, 0.25) is 0 Å². The van der Waals surface area contributed by atoms with E-state index in [0.717, 1.165) is 28.7 Å². The summed E-state index contributed by atoms with van der Waals surface area (Å²) in [5.74, 6) is -0.342. The van der Waals surface area contributed by atoms with Gasteiger partial charge in [0.05, 0.1) is 0 Å². The zero-order chi connectivity index (χ0) is 29.6. The molecule has 3 amide bonds. The molecule has 0 aliphatic heterocycles. The number of amides is 3. The first-order valence-electron chi connectivity index (χ1n) is 14.3. The van der Waals surface area contributed by atoms with Crippen LogP contribution < -0.4 is 10.6 Å². The average molecular weight is 556 g/mol. The molecule has 7 heteroatoms. The van der Waals surface area contributed by atoms with Gasteiger partial charge in [0.2, 0.25) is 11.8 Å². The quantitative estimate of drug-likeness (QED) is 0.335. The van der Waals surface area contributed by atoms with Crippen LogP contribution in [0.4, 0.5) is 4.79 Å². The monoisotopic (exact) mass is 555 g/mol. The molecule has 7 nitrogen and oxygen atoms in total. The molecule has 41 heavy (non-hydrogen) atoms. The molecule has 2 N–H and O–H groups in total. The molecule has 1 saturated carbocycles. The maximum absolute atomic E-state index is 14.5. The Labute approximate surface area is 243 Å². The van der Waals surface area contributed by atoms with Crippen LogP contribution in [0.15, 0.2) is 84.9 Å². The normalized spacial score (nSPS) is 17.6. The van der Waals surface area contributed by atoms with E-state index in [1.165, 1.54) is 0 Å². The van der Waals surface area contributed by atoms with Gasteiger partial charge in [-0.05, 0) is 56.7 Å². The van der Waals surface area contributed by atoms with Crippen molar-refractivity contribution in [3.05, 3.63) is 107 Å². The lowest BCUT2D eigenvalue weighted by Gasteiger charge is -2.35. The lowest BCUT2D eigenvalue weighted by molar-refractivity contribution is -0.143. The Balaban J connectivity index is 1.70. The van der Waals surface area contributed by atoms with E-state index >= 15 is 0 Å². The fourth-order valence-electron chi connectivity index (χ4n) is 5.01. The highest BCUT2D eigenvalue weighted by Crippen LogP contribution is 2.41. The number of aryl methyl sites for hydroxylation is 1. The smallest absolute Gasteiger partial charge is 0.408 e. The van der Waals surface area contributed by atoms with Crippen LogP contribution in [0.1, 0.15) is 62.4 Å². The van der Waals surface area contributed by atoms with Crippen molar-refractivity contribution in [2.75, 3.05) is 0 Å². The SMILES string of the molecule is Cc1cccc(C(C(=O)NCc2ccccc2)N(C(=O)C(Cc2ccccc2)NC(=O)OC(C)(C)C)C2CC2C)c1. The standard InChI is InChI=1S/C34H41N3O4/c1-23-13-12-18-27(19-23)30(31(38)35-22-26-16-10-7-11-17-26)37(29-20-24(29)2)32(39)28(21-25-14-8-6-9-15-25)36-33(40)41-34(3,4)5/h6-19,24,28-30H,20-22H2,1-5H3,(H,35,38)(H,36,40). The summed E-state index contributed by atoms with van der Waals surface area (Å²) in [5.41, 5.74) is 2.86. The molecule has 4 rings (SSSR count). The van der Waals surface area contributed by atoms with E-state index in [2.05, 4.69) is 17.6 Å². The zero-order valence-corrected chi connectivity index (χ0v) is 24.6. The number of alkyl carbamates (subject to hydrolysis) is 1. The second-order valence-corrected chi connectivity index (χ2v) is 11.9. The van der Waals surface area contributed by atoms with Crippen molar-refractivity contribution in [1.82, 2.24) is 15.5 Å². The van der Waals surface area contributed by atoms with Gasteiger partial charge in [-0.3, -0.25) is 9.59 Å². The van der Waals surface area contributed by atoms with E-state index in [0.29, 0.717) is 6.54 Å². The number of carbonyl (C=O) groups is 3. The number of ether oxygens (including phenoxy) is 1. The van der Waals surface area contributed by atoms with Gasteiger partial charge >= 0.3 is 6.09 Å². The molecular formula is C34H41N3O4. The van der Waals surface area contributed by atoms with Gasteiger partial charge in [0.1, 0.15) is 17.7 Å². The Hall–Kier alpha value is -4.13. The Morgan fingerprint density at radius 1 is 0.927 bits per heavy atom. The molecule has 0 aromatic heterocycles. The molecule has 0 spiro atoms. The molecule has 1 aliphatic rings. The van der Waals surface area contributed by atoms with Crippen LogP contribution in [0.25, 0.3) is 0 Å². The maximum Gasteiger partial charge on any atom is 0.408 e. The Kier molecular flexibility index (Phi) is 9.48. The van der Waals surface area contributed by atoms with Gasteiger partial charge in [0, 0.05) is 19.0 Å². The predicted molar refractivity (Wildman–Crippen MR) is 160 cm³/mol. The molecule has 3 aromatic rings. The maximum atomic E-state index is 14.5. The Morgan fingerprint density at radius 2 is 1.54 bits per heavy atom. The molecule has 1 fully saturated rings. The third-order valence-corrected chi connectivity index (χ3v) is 7.14. The highest BCUT2D eigenvalue weighted by atomic mass is 16.6. The molecular weight excluding hydrogens is 514 g/mol. The van der Waals surface area contributed by atoms with Crippen LogP contribution in [-0.4, -0.2) is 40.5 Å². The van der Waals surface area contributed by atoms with Gasteiger partial charge in [-0.25, -0.2) is 4.79 Å². The van der Waals surface area contributed by atoms with Gasteiger partial charge in [0.25, 0.3) is 0 Å². The Morgan fingerprint density at radius 3 is 2.10 bits per heavy atom. The van der Waals surface area contributed by atoms with Crippen LogP contribution in [0.5, 0.6) is 0 Å². The molecule has 0 saturated heterocycles. The van der Waals surface area contributed by atoms with Gasteiger partial charge in [0.15, 0.2) is 0 Å². The van der Waals surface area contributed by atoms with E-state index in [1.807, 2.05) is 91.9 Å². The second-order valence-electron chi connectivity index (χ2n) is 11.9. The second kappa shape index (κ2) is 13.0. The number of carbonyl (C=O) groups excluding carboxylic acids is 3. The molecule has 4 unspecified atom stereocenters. The predicted octanol–water partition coefficient (Wildman–Crippen LogP) is 5.73. The molecule has 216 valence electrons. The zero-order valence-electron chi connectivity index (χ0n) is 24.6. The van der Waals surface area contributed by atoms with Gasteiger partial charge in [-0.2, -0.15) is 0 Å². The Bertz CT molecular complexity index is 1340. The van der Waals surface area contributed by atoms with E-state index in [1.54, 1.807) is 25.7 Å².